The van der Waals surface area contributed by atoms with Crippen molar-refractivity contribution in [3.05, 3.63) is 28.8 Å². The highest BCUT2D eigenvalue weighted by atomic mass is 19.3. The number of aromatic nitrogens is 1. The van der Waals surface area contributed by atoms with Crippen LogP contribution in [0.2, 0.25) is 0 Å². The number of carbonyl (C=O) groups is 1. The molecule has 0 bridgehead atoms. The molecule has 84 valence electrons. The van der Waals surface area contributed by atoms with Crippen molar-refractivity contribution in [1.82, 2.24) is 4.98 Å². The molecule has 4 nitrogen and oxygen atoms in total. The van der Waals surface area contributed by atoms with Gasteiger partial charge in [-0.2, -0.15) is 9.65 Å². The number of nitrogens with zero attached hydrogens (tertiary/aromatic N) is 2. The minimum atomic E-state index is -3.10. The lowest BCUT2D eigenvalue weighted by Gasteiger charge is -2.05. The standard InChI is InChI=1S/C9H5F3N2O2/c10-8(11)5-1-4(2-7(15)16)6(3-13)14-9(5)12/h1,8H,2H2,(H,15,16). The molecule has 0 aliphatic heterocycles. The molecule has 16 heavy (non-hydrogen) atoms. The molecule has 1 aromatic heterocycles. The van der Waals surface area contributed by atoms with Gasteiger partial charge in [-0.3, -0.25) is 4.79 Å². The predicted molar refractivity (Wildman–Crippen MR) is 45.2 cm³/mol. The normalized spacial score (nSPS) is 10.2. The summed E-state index contributed by atoms with van der Waals surface area (Å²) in [5, 5.41) is 17.0. The zero-order chi connectivity index (χ0) is 12.3. The fourth-order valence-corrected chi connectivity index (χ4v) is 1.10. The van der Waals surface area contributed by atoms with Crippen molar-refractivity contribution in [3.63, 3.8) is 0 Å². The number of nitriles is 1. The van der Waals surface area contributed by atoms with E-state index in [1.807, 2.05) is 0 Å². The topological polar surface area (TPSA) is 74.0 Å². The third-order valence-electron chi connectivity index (χ3n) is 1.76. The number of carboxylic acid groups (broad SMARTS) is 1. The van der Waals surface area contributed by atoms with Crippen LogP contribution in [0.3, 0.4) is 0 Å². The SMILES string of the molecule is N#Cc1nc(F)c(C(F)F)cc1CC(=O)O. The van der Waals surface area contributed by atoms with Crippen molar-refractivity contribution in [3.8, 4) is 6.07 Å². The van der Waals surface area contributed by atoms with E-state index in [4.69, 9.17) is 10.4 Å². The zero-order valence-electron chi connectivity index (χ0n) is 7.75. The van der Waals surface area contributed by atoms with E-state index >= 15 is 0 Å². The van der Waals surface area contributed by atoms with Crippen LogP contribution in [-0.2, 0) is 11.2 Å². The van der Waals surface area contributed by atoms with Gasteiger partial charge in [-0.15, -0.1) is 0 Å². The van der Waals surface area contributed by atoms with Crippen molar-refractivity contribution < 1.29 is 23.1 Å². The summed E-state index contributed by atoms with van der Waals surface area (Å²) in [7, 11) is 0. The third kappa shape index (κ3) is 2.48. The summed E-state index contributed by atoms with van der Waals surface area (Å²) in [4.78, 5) is 13.4. The highest BCUT2D eigenvalue weighted by Gasteiger charge is 2.19. The Morgan fingerprint density at radius 2 is 2.25 bits per heavy atom. The molecular formula is C9H5F3N2O2. The van der Waals surface area contributed by atoms with Crippen LogP contribution in [-0.4, -0.2) is 16.1 Å². The van der Waals surface area contributed by atoms with E-state index in [0.717, 1.165) is 0 Å². The lowest BCUT2D eigenvalue weighted by molar-refractivity contribution is -0.136. The van der Waals surface area contributed by atoms with Gasteiger partial charge in [-0.1, -0.05) is 0 Å². The Hall–Kier alpha value is -2.10. The van der Waals surface area contributed by atoms with Crippen LogP contribution in [0.15, 0.2) is 6.07 Å². The Morgan fingerprint density at radius 3 is 2.69 bits per heavy atom. The minimum Gasteiger partial charge on any atom is -0.481 e. The summed E-state index contributed by atoms with van der Waals surface area (Å²) >= 11 is 0. The molecule has 1 aromatic rings. The summed E-state index contributed by atoms with van der Waals surface area (Å²) in [5.74, 6) is -2.77. The average molecular weight is 230 g/mol. The maximum absolute atomic E-state index is 12.9. The highest BCUT2D eigenvalue weighted by Crippen LogP contribution is 2.23. The predicted octanol–water partition coefficient (Wildman–Crippen LogP) is 1.66. The summed E-state index contributed by atoms with van der Waals surface area (Å²) in [6.45, 7) is 0. The fraction of sp³-hybridized carbons (Fsp3) is 0.222. The molecule has 0 unspecified atom stereocenters. The van der Waals surface area contributed by atoms with Crippen LogP contribution in [0, 0.1) is 17.3 Å². The van der Waals surface area contributed by atoms with Crippen molar-refractivity contribution in [2.24, 2.45) is 0 Å². The van der Waals surface area contributed by atoms with E-state index in [0.29, 0.717) is 6.07 Å². The van der Waals surface area contributed by atoms with E-state index in [1.165, 1.54) is 6.07 Å². The molecule has 0 aliphatic carbocycles. The van der Waals surface area contributed by atoms with Crippen molar-refractivity contribution >= 4 is 5.97 Å². The smallest absolute Gasteiger partial charge is 0.307 e. The Morgan fingerprint density at radius 1 is 1.62 bits per heavy atom. The molecule has 1 N–H and O–H groups in total. The molecule has 0 radical (unpaired) electrons. The first-order valence-corrected chi connectivity index (χ1v) is 4.05. The number of hydrogen-bond donors (Lipinski definition) is 1. The summed E-state index contributed by atoms with van der Waals surface area (Å²) in [6, 6.07) is 2.10. The van der Waals surface area contributed by atoms with Crippen LogP contribution >= 0.6 is 0 Å². The monoisotopic (exact) mass is 230 g/mol. The van der Waals surface area contributed by atoms with E-state index in [9.17, 15) is 18.0 Å². The van der Waals surface area contributed by atoms with Gasteiger partial charge in [0.1, 0.15) is 11.8 Å². The molecule has 7 heteroatoms. The number of alkyl halides is 2. The van der Waals surface area contributed by atoms with Crippen LogP contribution in [0.25, 0.3) is 0 Å². The first-order valence-electron chi connectivity index (χ1n) is 4.05. The van der Waals surface area contributed by atoms with E-state index in [1.54, 1.807) is 0 Å². The quantitative estimate of drug-likeness (QED) is 0.801. The number of aliphatic carboxylic acids is 1. The Labute approximate surface area is 88.0 Å². The molecule has 0 aliphatic rings. The maximum Gasteiger partial charge on any atom is 0.307 e. The van der Waals surface area contributed by atoms with E-state index in [-0.39, 0.29) is 5.56 Å². The Bertz CT molecular complexity index is 469. The Kier molecular flexibility index (Phi) is 3.45. The lowest BCUT2D eigenvalue weighted by Crippen LogP contribution is -2.07. The second-order valence-corrected chi connectivity index (χ2v) is 2.86. The largest absolute Gasteiger partial charge is 0.481 e. The van der Waals surface area contributed by atoms with Gasteiger partial charge in [-0.05, 0) is 6.07 Å². The van der Waals surface area contributed by atoms with Gasteiger partial charge < -0.3 is 5.11 Å². The third-order valence-corrected chi connectivity index (χ3v) is 1.76. The molecule has 0 fully saturated rings. The summed E-state index contributed by atoms with van der Waals surface area (Å²) in [6.07, 6.45) is -3.76. The molecule has 0 saturated carbocycles. The van der Waals surface area contributed by atoms with Gasteiger partial charge >= 0.3 is 5.97 Å². The van der Waals surface area contributed by atoms with E-state index < -0.39 is 36.0 Å². The van der Waals surface area contributed by atoms with Crippen LogP contribution in [0.4, 0.5) is 13.2 Å². The number of hydrogen-bond acceptors (Lipinski definition) is 3. The maximum atomic E-state index is 12.9. The van der Waals surface area contributed by atoms with Crippen molar-refractivity contribution in [2.75, 3.05) is 0 Å². The van der Waals surface area contributed by atoms with Gasteiger partial charge in [0.05, 0.1) is 12.0 Å². The molecule has 0 spiro atoms. The van der Waals surface area contributed by atoms with Gasteiger partial charge in [0.2, 0.25) is 5.95 Å². The number of rotatable bonds is 3. The van der Waals surface area contributed by atoms with Gasteiger partial charge in [0, 0.05) is 5.56 Å². The first kappa shape index (κ1) is 12.0. The number of pyridine rings is 1. The molecule has 0 atom stereocenters. The first-order chi connectivity index (χ1) is 7.45. The highest BCUT2D eigenvalue weighted by molar-refractivity contribution is 5.71. The second kappa shape index (κ2) is 4.61. The zero-order valence-corrected chi connectivity index (χ0v) is 7.75. The molecule has 0 saturated heterocycles. The van der Waals surface area contributed by atoms with Gasteiger partial charge in [-0.25, -0.2) is 13.8 Å². The fourth-order valence-electron chi connectivity index (χ4n) is 1.10. The summed E-state index contributed by atoms with van der Waals surface area (Å²) in [5.41, 5.74) is -1.73. The molecule has 0 amide bonds. The van der Waals surface area contributed by atoms with Crippen LogP contribution < -0.4 is 0 Å². The Balaban J connectivity index is 3.30. The van der Waals surface area contributed by atoms with Gasteiger partial charge in [0.25, 0.3) is 6.43 Å². The van der Waals surface area contributed by atoms with E-state index in [2.05, 4.69) is 4.98 Å². The number of carboxylic acids is 1. The summed E-state index contributed by atoms with van der Waals surface area (Å²) < 4.78 is 37.5. The van der Waals surface area contributed by atoms with Crippen LogP contribution in [0.5, 0.6) is 0 Å². The molecular weight excluding hydrogens is 225 g/mol. The van der Waals surface area contributed by atoms with Crippen molar-refractivity contribution in [1.29, 1.82) is 5.26 Å². The second-order valence-electron chi connectivity index (χ2n) is 2.86. The van der Waals surface area contributed by atoms with Gasteiger partial charge in [0.15, 0.2) is 0 Å². The lowest BCUT2D eigenvalue weighted by atomic mass is 10.1. The van der Waals surface area contributed by atoms with Crippen LogP contribution in [0.1, 0.15) is 23.2 Å². The molecule has 1 heterocycles. The molecule has 1 rings (SSSR count). The van der Waals surface area contributed by atoms with Crippen molar-refractivity contribution in [2.45, 2.75) is 12.8 Å². The average Bonchev–Trinajstić information content (AvgIpc) is 2.18. The number of halogens is 3. The molecule has 0 aromatic carbocycles. The minimum absolute atomic E-state index is 0.230.